The van der Waals surface area contributed by atoms with E-state index in [4.69, 9.17) is 0 Å². The van der Waals surface area contributed by atoms with Crippen LogP contribution in [0.25, 0.3) is 0 Å². The van der Waals surface area contributed by atoms with Gasteiger partial charge in [-0.05, 0) is 55.2 Å². The lowest BCUT2D eigenvalue weighted by Crippen LogP contribution is -2.55. The van der Waals surface area contributed by atoms with Crippen LogP contribution in [0.3, 0.4) is 0 Å². The smallest absolute Gasteiger partial charge is 0.244 e. The van der Waals surface area contributed by atoms with E-state index in [0.717, 1.165) is 53.8 Å². The fourth-order valence-electron chi connectivity index (χ4n) is 5.21. The van der Waals surface area contributed by atoms with Crippen molar-refractivity contribution >= 4 is 27.5 Å². The van der Waals surface area contributed by atoms with Gasteiger partial charge >= 0.3 is 0 Å². The highest BCUT2D eigenvalue weighted by atomic mass is 32.2. The summed E-state index contributed by atoms with van der Waals surface area (Å²) in [5.74, 6) is -1.22. The van der Waals surface area contributed by atoms with Crippen molar-refractivity contribution in [3.63, 3.8) is 0 Å². The lowest BCUT2D eigenvalue weighted by atomic mass is 9.94. The first kappa shape index (κ1) is 30.2. The van der Waals surface area contributed by atoms with Gasteiger partial charge in [-0.2, -0.15) is 0 Å². The number of carbonyl (C=O) groups is 2. The van der Waals surface area contributed by atoms with Gasteiger partial charge in [-0.3, -0.25) is 13.9 Å². The van der Waals surface area contributed by atoms with Crippen LogP contribution in [0.2, 0.25) is 0 Å². The van der Waals surface area contributed by atoms with Crippen LogP contribution >= 0.6 is 0 Å². The Bertz CT molecular complexity index is 1410. The van der Waals surface area contributed by atoms with Gasteiger partial charge in [0.25, 0.3) is 0 Å². The molecule has 0 heterocycles. The summed E-state index contributed by atoms with van der Waals surface area (Å²) in [7, 11) is -3.83. The normalized spacial score (nSPS) is 14.7. The molecule has 1 fully saturated rings. The molecule has 3 aromatic rings. The van der Waals surface area contributed by atoms with Crippen LogP contribution in [0.4, 0.5) is 10.1 Å². The number of aryl methyl sites for hydroxylation is 1. The Balaban J connectivity index is 1.71. The largest absolute Gasteiger partial charge is 0.352 e. The third-order valence-corrected chi connectivity index (χ3v) is 8.63. The Morgan fingerprint density at radius 3 is 2.15 bits per heavy atom. The standard InChI is InChI=1S/C32H38FN3O4S/c1-24-13-19-29(20-14-24)36(41(2,39)40)23-31(37)35(22-26-15-17-27(33)18-16-26)30(21-25-9-5-3-6-10-25)32(38)34-28-11-7-4-8-12-28/h3,5-6,9-10,13-20,28,30H,4,7-8,11-12,21-23H2,1-2H3,(H,34,38)/t30-/m0/s1. The van der Waals surface area contributed by atoms with E-state index in [1.54, 1.807) is 36.4 Å². The zero-order valence-electron chi connectivity index (χ0n) is 23.6. The molecule has 0 unspecified atom stereocenters. The summed E-state index contributed by atoms with van der Waals surface area (Å²) < 4.78 is 40.5. The van der Waals surface area contributed by atoms with Gasteiger partial charge < -0.3 is 10.2 Å². The van der Waals surface area contributed by atoms with E-state index in [9.17, 15) is 22.4 Å². The Morgan fingerprint density at radius 1 is 0.902 bits per heavy atom. The molecule has 0 aliphatic heterocycles. The Labute approximate surface area is 242 Å². The van der Waals surface area contributed by atoms with Crippen LogP contribution in [0.1, 0.15) is 48.8 Å². The molecule has 0 radical (unpaired) electrons. The number of nitrogens with zero attached hydrogens (tertiary/aromatic N) is 2. The molecule has 0 bridgehead atoms. The third-order valence-electron chi connectivity index (χ3n) is 7.49. The first-order chi connectivity index (χ1) is 19.6. The number of halogens is 1. The molecule has 0 saturated heterocycles. The van der Waals surface area contributed by atoms with Gasteiger partial charge in [0.2, 0.25) is 21.8 Å². The lowest BCUT2D eigenvalue weighted by Gasteiger charge is -2.35. The number of nitrogens with one attached hydrogen (secondary N) is 1. The summed E-state index contributed by atoms with van der Waals surface area (Å²) in [6.07, 6.45) is 6.27. The second-order valence-electron chi connectivity index (χ2n) is 10.8. The minimum absolute atomic E-state index is 0.0141. The third kappa shape index (κ3) is 8.63. The van der Waals surface area contributed by atoms with E-state index < -0.39 is 34.3 Å². The van der Waals surface area contributed by atoms with Crippen LogP contribution < -0.4 is 9.62 Å². The summed E-state index contributed by atoms with van der Waals surface area (Å²) in [5.41, 5.74) is 2.81. The highest BCUT2D eigenvalue weighted by Crippen LogP contribution is 2.22. The summed E-state index contributed by atoms with van der Waals surface area (Å²) in [6, 6.07) is 21.2. The van der Waals surface area contributed by atoms with Gasteiger partial charge in [-0.15, -0.1) is 0 Å². The van der Waals surface area contributed by atoms with E-state index in [-0.39, 0.29) is 24.9 Å². The number of benzene rings is 3. The average Bonchev–Trinajstić information content (AvgIpc) is 2.95. The van der Waals surface area contributed by atoms with Gasteiger partial charge in [0, 0.05) is 19.0 Å². The van der Waals surface area contributed by atoms with E-state index in [0.29, 0.717) is 11.3 Å². The van der Waals surface area contributed by atoms with E-state index in [1.165, 1.54) is 17.0 Å². The quantitative estimate of drug-likeness (QED) is 0.347. The van der Waals surface area contributed by atoms with Crippen molar-refractivity contribution < 1.29 is 22.4 Å². The minimum Gasteiger partial charge on any atom is -0.352 e. The molecule has 0 aromatic heterocycles. The highest BCUT2D eigenvalue weighted by Gasteiger charge is 2.34. The Kier molecular flexibility index (Phi) is 10.2. The van der Waals surface area contributed by atoms with E-state index in [2.05, 4.69) is 5.32 Å². The summed E-state index contributed by atoms with van der Waals surface area (Å²) in [6.45, 7) is 1.43. The summed E-state index contributed by atoms with van der Waals surface area (Å²) >= 11 is 0. The van der Waals surface area contributed by atoms with Gasteiger partial charge in [0.1, 0.15) is 18.4 Å². The molecule has 2 amide bonds. The van der Waals surface area contributed by atoms with Crippen molar-refractivity contribution in [3.8, 4) is 0 Å². The molecule has 1 aliphatic rings. The first-order valence-corrected chi connectivity index (χ1v) is 15.9. The monoisotopic (exact) mass is 579 g/mol. The van der Waals surface area contributed by atoms with Crippen molar-refractivity contribution in [1.82, 2.24) is 10.2 Å². The summed E-state index contributed by atoms with van der Waals surface area (Å²) in [4.78, 5) is 29.4. The molecule has 218 valence electrons. The molecular formula is C32H38FN3O4S. The molecule has 7 nitrogen and oxygen atoms in total. The first-order valence-electron chi connectivity index (χ1n) is 14.0. The van der Waals surface area contributed by atoms with Crippen molar-refractivity contribution in [2.45, 2.75) is 64.1 Å². The lowest BCUT2D eigenvalue weighted by molar-refractivity contribution is -0.140. The molecule has 41 heavy (non-hydrogen) atoms. The van der Waals surface area contributed by atoms with Crippen LogP contribution in [-0.2, 0) is 32.6 Å². The summed E-state index contributed by atoms with van der Waals surface area (Å²) in [5, 5.41) is 3.17. The number of carbonyl (C=O) groups excluding carboxylic acids is 2. The average molecular weight is 580 g/mol. The topological polar surface area (TPSA) is 86.8 Å². The SMILES string of the molecule is Cc1ccc(N(CC(=O)N(Cc2ccc(F)cc2)[C@@H](Cc2ccccc2)C(=O)NC2CCCCC2)S(C)(=O)=O)cc1. The van der Waals surface area contributed by atoms with Crippen LogP contribution in [0, 0.1) is 12.7 Å². The van der Waals surface area contributed by atoms with Crippen LogP contribution in [0.15, 0.2) is 78.9 Å². The van der Waals surface area contributed by atoms with E-state index >= 15 is 0 Å². The Hall–Kier alpha value is -3.72. The van der Waals surface area contributed by atoms with Gasteiger partial charge in [0.15, 0.2) is 0 Å². The fraction of sp³-hybridized carbons (Fsp3) is 0.375. The molecule has 1 N–H and O–H groups in total. The minimum atomic E-state index is -3.83. The Morgan fingerprint density at radius 2 is 1.54 bits per heavy atom. The molecule has 3 aromatic carbocycles. The van der Waals surface area contributed by atoms with Crippen LogP contribution in [0.5, 0.6) is 0 Å². The predicted molar refractivity (Wildman–Crippen MR) is 159 cm³/mol. The molecule has 9 heteroatoms. The van der Waals surface area contributed by atoms with Crippen molar-refractivity contribution in [2.75, 3.05) is 17.1 Å². The maximum atomic E-state index is 14.1. The second kappa shape index (κ2) is 13.8. The second-order valence-corrected chi connectivity index (χ2v) is 12.7. The van der Waals surface area contributed by atoms with Crippen molar-refractivity contribution in [3.05, 3.63) is 101 Å². The highest BCUT2D eigenvalue weighted by molar-refractivity contribution is 7.92. The number of anilines is 1. The number of rotatable bonds is 11. The van der Waals surface area contributed by atoms with Gasteiger partial charge in [-0.25, -0.2) is 12.8 Å². The molecule has 4 rings (SSSR count). The number of hydrogen-bond donors (Lipinski definition) is 1. The van der Waals surface area contributed by atoms with E-state index in [1.807, 2.05) is 37.3 Å². The van der Waals surface area contributed by atoms with Gasteiger partial charge in [0.05, 0.1) is 11.9 Å². The van der Waals surface area contributed by atoms with Crippen molar-refractivity contribution in [1.29, 1.82) is 0 Å². The molecular weight excluding hydrogens is 541 g/mol. The maximum Gasteiger partial charge on any atom is 0.244 e. The molecule has 1 aliphatic carbocycles. The predicted octanol–water partition coefficient (Wildman–Crippen LogP) is 4.99. The molecule has 1 atom stereocenters. The van der Waals surface area contributed by atoms with Crippen LogP contribution in [-0.4, -0.2) is 50.0 Å². The zero-order valence-corrected chi connectivity index (χ0v) is 24.4. The maximum absolute atomic E-state index is 14.1. The van der Waals surface area contributed by atoms with Crippen molar-refractivity contribution in [2.24, 2.45) is 0 Å². The molecule has 1 saturated carbocycles. The number of sulfonamides is 1. The fourth-order valence-corrected chi connectivity index (χ4v) is 6.06. The molecule has 0 spiro atoms. The zero-order chi connectivity index (χ0) is 29.4. The number of hydrogen-bond acceptors (Lipinski definition) is 4. The number of amides is 2. The van der Waals surface area contributed by atoms with Gasteiger partial charge in [-0.1, -0.05) is 79.4 Å².